The average molecular weight is 324 g/mol. The molecule has 0 aromatic carbocycles. The molecular weight excluding hydrogens is 300 g/mol. The largest absolute Gasteiger partial charge is 0.444 e. The van der Waals surface area contributed by atoms with Crippen molar-refractivity contribution in [1.82, 2.24) is 10.2 Å². The van der Waals surface area contributed by atoms with Gasteiger partial charge in [-0.05, 0) is 51.5 Å². The van der Waals surface area contributed by atoms with Crippen LogP contribution in [0.25, 0.3) is 0 Å². The van der Waals surface area contributed by atoms with Gasteiger partial charge in [-0.15, -0.1) is 11.3 Å². The summed E-state index contributed by atoms with van der Waals surface area (Å²) in [6, 6.07) is 3.66. The zero-order valence-corrected chi connectivity index (χ0v) is 14.2. The number of carbonyl (C=O) groups is 2. The monoisotopic (exact) mass is 324 g/mol. The highest BCUT2D eigenvalue weighted by Gasteiger charge is 2.30. The lowest BCUT2D eigenvalue weighted by Gasteiger charge is -2.36. The number of hydrogen-bond acceptors (Lipinski definition) is 4. The Morgan fingerprint density at radius 2 is 2.18 bits per heavy atom. The second-order valence-corrected chi connectivity index (χ2v) is 7.46. The first-order chi connectivity index (χ1) is 10.4. The summed E-state index contributed by atoms with van der Waals surface area (Å²) in [5.41, 5.74) is -0.501. The van der Waals surface area contributed by atoms with E-state index >= 15 is 0 Å². The van der Waals surface area contributed by atoms with Crippen molar-refractivity contribution < 1.29 is 14.3 Å². The van der Waals surface area contributed by atoms with E-state index in [2.05, 4.69) is 5.32 Å². The van der Waals surface area contributed by atoms with E-state index in [-0.39, 0.29) is 18.0 Å². The van der Waals surface area contributed by atoms with Gasteiger partial charge in [0, 0.05) is 13.1 Å². The number of nitrogens with one attached hydrogen (secondary N) is 1. The number of hydrogen-bond donors (Lipinski definition) is 1. The van der Waals surface area contributed by atoms with Crippen LogP contribution >= 0.6 is 11.3 Å². The molecule has 1 N–H and O–H groups in total. The molecule has 1 fully saturated rings. The highest BCUT2D eigenvalue weighted by Crippen LogP contribution is 2.20. The van der Waals surface area contributed by atoms with E-state index in [9.17, 15) is 9.59 Å². The zero-order chi connectivity index (χ0) is 16.2. The first kappa shape index (κ1) is 16.8. The quantitative estimate of drug-likeness (QED) is 0.928. The van der Waals surface area contributed by atoms with Crippen LogP contribution in [-0.2, 0) is 4.74 Å². The third kappa shape index (κ3) is 4.73. The predicted octanol–water partition coefficient (Wildman–Crippen LogP) is 3.27. The molecule has 5 nitrogen and oxygen atoms in total. The smallest absolute Gasteiger partial charge is 0.410 e. The Bertz CT molecular complexity index is 508. The summed E-state index contributed by atoms with van der Waals surface area (Å²) in [7, 11) is 0. The summed E-state index contributed by atoms with van der Waals surface area (Å²) in [5, 5.41) is 4.80. The van der Waals surface area contributed by atoms with Gasteiger partial charge < -0.3 is 15.0 Å². The van der Waals surface area contributed by atoms with E-state index in [4.69, 9.17) is 4.74 Å². The molecule has 6 heteroatoms. The molecule has 2 rings (SSSR count). The molecule has 0 saturated carbocycles. The zero-order valence-electron chi connectivity index (χ0n) is 13.4. The van der Waals surface area contributed by atoms with Crippen molar-refractivity contribution >= 4 is 23.3 Å². The SMILES string of the molecule is CC(C)(C)OC(=O)N1CCCCC1CNC(=O)c1cccs1. The van der Waals surface area contributed by atoms with E-state index in [0.717, 1.165) is 19.3 Å². The predicted molar refractivity (Wildman–Crippen MR) is 87.2 cm³/mol. The van der Waals surface area contributed by atoms with Gasteiger partial charge >= 0.3 is 6.09 Å². The van der Waals surface area contributed by atoms with Crippen molar-refractivity contribution in [3.8, 4) is 0 Å². The fourth-order valence-corrected chi connectivity index (χ4v) is 3.12. The van der Waals surface area contributed by atoms with Crippen LogP contribution in [0.4, 0.5) is 4.79 Å². The highest BCUT2D eigenvalue weighted by atomic mass is 32.1. The van der Waals surface area contributed by atoms with E-state index < -0.39 is 5.60 Å². The Morgan fingerprint density at radius 1 is 1.41 bits per heavy atom. The fourth-order valence-electron chi connectivity index (χ4n) is 2.48. The number of nitrogens with zero attached hydrogens (tertiary/aromatic N) is 1. The average Bonchev–Trinajstić information content (AvgIpc) is 2.97. The van der Waals surface area contributed by atoms with Gasteiger partial charge in [-0.3, -0.25) is 4.79 Å². The number of thiophene rings is 1. The molecule has 0 bridgehead atoms. The van der Waals surface area contributed by atoms with Crippen molar-refractivity contribution in [3.05, 3.63) is 22.4 Å². The molecule has 1 aromatic rings. The number of carbonyl (C=O) groups excluding carboxylic acids is 2. The maximum atomic E-state index is 12.3. The van der Waals surface area contributed by atoms with Crippen LogP contribution in [0.1, 0.15) is 49.7 Å². The molecule has 1 aromatic heterocycles. The Labute approximate surface area is 135 Å². The van der Waals surface area contributed by atoms with Crippen molar-refractivity contribution in [2.45, 2.75) is 51.7 Å². The van der Waals surface area contributed by atoms with Gasteiger partial charge in [0.2, 0.25) is 0 Å². The minimum absolute atomic E-state index is 0.00696. The lowest BCUT2D eigenvalue weighted by molar-refractivity contribution is 0.00987. The first-order valence-electron chi connectivity index (χ1n) is 7.68. The molecule has 1 aliphatic rings. The number of likely N-dealkylation sites (tertiary alicyclic amines) is 1. The van der Waals surface area contributed by atoms with Crippen LogP contribution in [0, 0.1) is 0 Å². The molecule has 0 aliphatic carbocycles. The van der Waals surface area contributed by atoms with Crippen LogP contribution < -0.4 is 5.32 Å². The first-order valence-corrected chi connectivity index (χ1v) is 8.56. The molecule has 22 heavy (non-hydrogen) atoms. The van der Waals surface area contributed by atoms with Crippen molar-refractivity contribution in [2.24, 2.45) is 0 Å². The van der Waals surface area contributed by atoms with Crippen LogP contribution in [-0.4, -0.2) is 41.6 Å². The van der Waals surface area contributed by atoms with E-state index in [1.807, 2.05) is 32.2 Å². The molecule has 0 radical (unpaired) electrons. The lowest BCUT2D eigenvalue weighted by atomic mass is 10.0. The maximum Gasteiger partial charge on any atom is 0.410 e. The minimum Gasteiger partial charge on any atom is -0.444 e. The van der Waals surface area contributed by atoms with Gasteiger partial charge in [0.15, 0.2) is 0 Å². The summed E-state index contributed by atoms with van der Waals surface area (Å²) in [6.07, 6.45) is 2.65. The van der Waals surface area contributed by atoms with Gasteiger partial charge in [-0.2, -0.15) is 0 Å². The number of amides is 2. The van der Waals surface area contributed by atoms with Gasteiger partial charge in [-0.1, -0.05) is 6.07 Å². The van der Waals surface area contributed by atoms with Gasteiger partial charge in [0.05, 0.1) is 10.9 Å². The van der Waals surface area contributed by atoms with E-state index in [1.54, 1.807) is 11.0 Å². The van der Waals surface area contributed by atoms with Crippen LogP contribution in [0.2, 0.25) is 0 Å². The Hall–Kier alpha value is -1.56. The molecule has 2 amide bonds. The normalized spacial score (nSPS) is 18.9. The summed E-state index contributed by atoms with van der Waals surface area (Å²) in [4.78, 5) is 26.8. The van der Waals surface area contributed by atoms with Crippen LogP contribution in [0.15, 0.2) is 17.5 Å². The molecular formula is C16H24N2O3S. The molecule has 1 atom stereocenters. The minimum atomic E-state index is -0.501. The Balaban J connectivity index is 1.92. The molecule has 2 heterocycles. The second kappa shape index (κ2) is 7.13. The van der Waals surface area contributed by atoms with E-state index in [1.165, 1.54) is 11.3 Å². The lowest BCUT2D eigenvalue weighted by Crippen LogP contribution is -2.50. The summed E-state index contributed by atoms with van der Waals surface area (Å²) in [6.45, 7) is 6.75. The highest BCUT2D eigenvalue weighted by molar-refractivity contribution is 7.12. The molecule has 1 aliphatic heterocycles. The van der Waals surface area contributed by atoms with Gasteiger partial charge in [0.25, 0.3) is 5.91 Å². The molecule has 122 valence electrons. The number of ether oxygens (including phenoxy) is 1. The summed E-state index contributed by atoms with van der Waals surface area (Å²) < 4.78 is 5.46. The van der Waals surface area contributed by atoms with Gasteiger partial charge in [0.1, 0.15) is 5.60 Å². The van der Waals surface area contributed by atoms with Crippen LogP contribution in [0.3, 0.4) is 0 Å². The summed E-state index contributed by atoms with van der Waals surface area (Å²) >= 11 is 1.42. The molecule has 0 spiro atoms. The standard InChI is InChI=1S/C16H24N2O3S/c1-16(2,3)21-15(20)18-9-5-4-7-12(18)11-17-14(19)13-8-6-10-22-13/h6,8,10,12H,4-5,7,9,11H2,1-3H3,(H,17,19). The molecule has 1 unspecified atom stereocenters. The number of piperidine rings is 1. The third-order valence-electron chi connectivity index (χ3n) is 3.50. The van der Waals surface area contributed by atoms with Crippen LogP contribution in [0.5, 0.6) is 0 Å². The van der Waals surface area contributed by atoms with Crippen molar-refractivity contribution in [3.63, 3.8) is 0 Å². The van der Waals surface area contributed by atoms with E-state index in [0.29, 0.717) is 18.0 Å². The van der Waals surface area contributed by atoms with Gasteiger partial charge in [-0.25, -0.2) is 4.79 Å². The number of rotatable bonds is 3. The third-order valence-corrected chi connectivity index (χ3v) is 4.37. The Morgan fingerprint density at radius 3 is 2.82 bits per heavy atom. The van der Waals surface area contributed by atoms with Crippen molar-refractivity contribution in [2.75, 3.05) is 13.1 Å². The fraction of sp³-hybridized carbons (Fsp3) is 0.625. The molecule has 1 saturated heterocycles. The second-order valence-electron chi connectivity index (χ2n) is 6.51. The summed E-state index contributed by atoms with van der Waals surface area (Å²) in [5.74, 6) is -0.0790. The maximum absolute atomic E-state index is 12.3. The van der Waals surface area contributed by atoms with Crippen molar-refractivity contribution in [1.29, 1.82) is 0 Å². The Kier molecular flexibility index (Phi) is 5.45. The topological polar surface area (TPSA) is 58.6 Å².